The average Bonchev–Trinajstić information content (AvgIpc) is 3.14. The van der Waals surface area contributed by atoms with E-state index in [4.69, 9.17) is 9.72 Å². The highest BCUT2D eigenvalue weighted by molar-refractivity contribution is 5.89. The summed E-state index contributed by atoms with van der Waals surface area (Å²) in [5, 5.41) is 5.30. The van der Waals surface area contributed by atoms with E-state index in [1.165, 1.54) is 0 Å². The maximum absolute atomic E-state index is 13.1. The summed E-state index contributed by atoms with van der Waals surface area (Å²) in [4.78, 5) is 36.3. The molecule has 0 radical (unpaired) electrons. The highest BCUT2D eigenvalue weighted by Gasteiger charge is 2.61. The molecule has 1 N–H and O–H groups in total. The lowest BCUT2D eigenvalue weighted by Crippen LogP contribution is -2.44. The van der Waals surface area contributed by atoms with Gasteiger partial charge in [-0.3, -0.25) is 14.8 Å². The first-order valence-electron chi connectivity index (χ1n) is 10.9. The fourth-order valence-corrected chi connectivity index (χ4v) is 4.76. The van der Waals surface area contributed by atoms with Crippen molar-refractivity contribution in [2.45, 2.75) is 59.6 Å². The normalized spacial score (nSPS) is 22.9. The summed E-state index contributed by atoms with van der Waals surface area (Å²) < 4.78 is 5.46. The van der Waals surface area contributed by atoms with Gasteiger partial charge in [0.1, 0.15) is 5.60 Å². The van der Waals surface area contributed by atoms with Crippen molar-refractivity contribution in [3.05, 3.63) is 35.4 Å². The number of hydrogen-bond acceptors (Lipinski definition) is 5. The molecule has 1 aliphatic heterocycles. The summed E-state index contributed by atoms with van der Waals surface area (Å²) in [5.74, 6) is 0.387. The van der Waals surface area contributed by atoms with Crippen LogP contribution in [0.15, 0.2) is 18.3 Å². The van der Waals surface area contributed by atoms with E-state index in [2.05, 4.69) is 10.3 Å². The highest BCUT2D eigenvalue weighted by atomic mass is 16.6. The third-order valence-electron chi connectivity index (χ3n) is 6.26. The molecular formula is C24H32N4O3. The van der Waals surface area contributed by atoms with Crippen LogP contribution < -0.4 is 5.32 Å². The van der Waals surface area contributed by atoms with Crippen LogP contribution in [0.3, 0.4) is 0 Å². The van der Waals surface area contributed by atoms with E-state index in [-0.39, 0.29) is 29.8 Å². The molecule has 2 aromatic rings. The molecule has 7 nitrogen and oxygen atoms in total. The van der Waals surface area contributed by atoms with Crippen LogP contribution in [0.1, 0.15) is 51.7 Å². The van der Waals surface area contributed by atoms with Gasteiger partial charge >= 0.3 is 6.09 Å². The van der Waals surface area contributed by atoms with Gasteiger partial charge in [0, 0.05) is 47.4 Å². The van der Waals surface area contributed by atoms with Gasteiger partial charge in [-0.15, -0.1) is 0 Å². The minimum absolute atomic E-state index is 0.0334. The van der Waals surface area contributed by atoms with E-state index in [1.807, 2.05) is 60.6 Å². The Bertz CT molecular complexity index is 1040. The van der Waals surface area contributed by atoms with Crippen LogP contribution >= 0.6 is 0 Å². The lowest BCUT2D eigenvalue weighted by Gasteiger charge is -2.29. The Kier molecular flexibility index (Phi) is 4.98. The maximum Gasteiger partial charge on any atom is 0.410 e. The summed E-state index contributed by atoms with van der Waals surface area (Å²) in [6.45, 7) is 14.7. The first-order chi connectivity index (χ1) is 14.4. The molecular weight excluding hydrogens is 392 g/mol. The maximum atomic E-state index is 13.1. The molecule has 0 spiro atoms. The quantitative estimate of drug-likeness (QED) is 0.812. The van der Waals surface area contributed by atoms with Crippen molar-refractivity contribution >= 4 is 22.8 Å². The standard InChI is InChI=1S/C24H32N4O3/c1-13-10-16-14(2)25-9-8-15(16)20(26-13)24(6,7)27-21(29)19-17-11-28(12-18(17)19)22(30)31-23(3,4)5/h8-10,17-19H,11-12H2,1-7H3,(H,27,29). The van der Waals surface area contributed by atoms with Gasteiger partial charge in [0.25, 0.3) is 0 Å². The zero-order valence-electron chi connectivity index (χ0n) is 19.4. The van der Waals surface area contributed by atoms with E-state index >= 15 is 0 Å². The van der Waals surface area contributed by atoms with Crippen molar-refractivity contribution in [2.75, 3.05) is 13.1 Å². The predicted molar refractivity (Wildman–Crippen MR) is 118 cm³/mol. The van der Waals surface area contributed by atoms with E-state index in [0.29, 0.717) is 13.1 Å². The van der Waals surface area contributed by atoms with Gasteiger partial charge in [-0.1, -0.05) is 0 Å². The van der Waals surface area contributed by atoms with E-state index < -0.39 is 11.1 Å². The molecule has 0 aromatic carbocycles. The number of piperidine rings is 1. The Balaban J connectivity index is 1.46. The van der Waals surface area contributed by atoms with Crippen molar-refractivity contribution < 1.29 is 14.3 Å². The second-order valence-corrected chi connectivity index (χ2v) is 10.5. The first-order valence-corrected chi connectivity index (χ1v) is 10.9. The third-order valence-corrected chi connectivity index (χ3v) is 6.26. The number of nitrogens with one attached hydrogen (secondary N) is 1. The van der Waals surface area contributed by atoms with Gasteiger partial charge in [-0.25, -0.2) is 4.79 Å². The van der Waals surface area contributed by atoms with Gasteiger partial charge in [0.2, 0.25) is 5.91 Å². The zero-order chi connectivity index (χ0) is 22.7. The molecule has 4 rings (SSSR count). The fraction of sp³-hybridized carbons (Fsp3) is 0.583. The molecule has 2 unspecified atom stereocenters. The molecule has 1 aliphatic carbocycles. The molecule has 7 heteroatoms. The predicted octanol–water partition coefficient (Wildman–Crippen LogP) is 3.71. The Labute approximate surface area is 183 Å². The molecule has 166 valence electrons. The molecule has 1 saturated heterocycles. The highest BCUT2D eigenvalue weighted by Crippen LogP contribution is 2.52. The van der Waals surface area contributed by atoms with Gasteiger partial charge < -0.3 is 15.0 Å². The van der Waals surface area contributed by atoms with Crippen molar-refractivity contribution in [1.82, 2.24) is 20.2 Å². The van der Waals surface area contributed by atoms with Crippen LogP contribution in [0.2, 0.25) is 0 Å². The number of amides is 2. The number of likely N-dealkylation sites (tertiary alicyclic amines) is 1. The second kappa shape index (κ2) is 7.18. The molecule has 1 saturated carbocycles. The number of fused-ring (bicyclic) bond motifs is 2. The number of nitrogens with zero attached hydrogens (tertiary/aromatic N) is 3. The van der Waals surface area contributed by atoms with E-state index in [1.54, 1.807) is 11.1 Å². The number of aryl methyl sites for hydroxylation is 2. The van der Waals surface area contributed by atoms with Crippen molar-refractivity contribution in [3.8, 4) is 0 Å². The third kappa shape index (κ3) is 4.10. The Hall–Kier alpha value is -2.70. The van der Waals surface area contributed by atoms with Gasteiger partial charge in [-0.2, -0.15) is 0 Å². The lowest BCUT2D eigenvalue weighted by molar-refractivity contribution is -0.125. The number of aromatic nitrogens is 2. The molecule has 2 fully saturated rings. The number of carbonyl (C=O) groups is 2. The van der Waals surface area contributed by atoms with Gasteiger partial charge in [0.05, 0.1) is 11.2 Å². The number of rotatable bonds is 3. The largest absolute Gasteiger partial charge is 0.444 e. The summed E-state index contributed by atoms with van der Waals surface area (Å²) in [6, 6.07) is 4.00. The number of carbonyl (C=O) groups excluding carboxylic acids is 2. The Morgan fingerprint density at radius 1 is 1.10 bits per heavy atom. The van der Waals surface area contributed by atoms with Crippen LogP contribution in [0.5, 0.6) is 0 Å². The van der Waals surface area contributed by atoms with Crippen LogP contribution in [0.25, 0.3) is 10.8 Å². The smallest absolute Gasteiger partial charge is 0.410 e. The van der Waals surface area contributed by atoms with Gasteiger partial charge in [-0.05, 0) is 72.4 Å². The molecule has 2 aliphatic rings. The minimum Gasteiger partial charge on any atom is -0.444 e. The molecule has 31 heavy (non-hydrogen) atoms. The molecule has 2 amide bonds. The number of ether oxygens (including phenoxy) is 1. The van der Waals surface area contributed by atoms with Crippen LogP contribution in [0, 0.1) is 31.6 Å². The van der Waals surface area contributed by atoms with Crippen LogP contribution in [-0.4, -0.2) is 45.6 Å². The molecule has 2 aromatic heterocycles. The van der Waals surface area contributed by atoms with Crippen molar-refractivity contribution in [3.63, 3.8) is 0 Å². The minimum atomic E-state index is -0.628. The average molecular weight is 425 g/mol. The van der Waals surface area contributed by atoms with E-state index in [0.717, 1.165) is 27.9 Å². The summed E-state index contributed by atoms with van der Waals surface area (Å²) in [7, 11) is 0. The number of pyridine rings is 2. The lowest BCUT2D eigenvalue weighted by atomic mass is 9.93. The molecule has 0 bridgehead atoms. The van der Waals surface area contributed by atoms with Crippen LogP contribution in [-0.2, 0) is 15.1 Å². The fourth-order valence-electron chi connectivity index (χ4n) is 4.76. The van der Waals surface area contributed by atoms with Crippen LogP contribution in [0.4, 0.5) is 4.79 Å². The van der Waals surface area contributed by atoms with Crippen molar-refractivity contribution in [2.24, 2.45) is 17.8 Å². The SMILES string of the molecule is Cc1cc2c(C)nccc2c(C(C)(C)NC(=O)C2C3CN(C(=O)OC(C)(C)C)CC32)n1. The van der Waals surface area contributed by atoms with E-state index in [9.17, 15) is 9.59 Å². The number of hydrogen-bond donors (Lipinski definition) is 1. The van der Waals surface area contributed by atoms with Gasteiger partial charge in [0.15, 0.2) is 0 Å². The summed E-state index contributed by atoms with van der Waals surface area (Å²) >= 11 is 0. The summed E-state index contributed by atoms with van der Waals surface area (Å²) in [5.41, 5.74) is 1.56. The van der Waals surface area contributed by atoms with Crippen molar-refractivity contribution in [1.29, 1.82) is 0 Å². The Morgan fingerprint density at radius 3 is 2.35 bits per heavy atom. The monoisotopic (exact) mass is 424 g/mol. The zero-order valence-corrected chi connectivity index (χ0v) is 19.4. The summed E-state index contributed by atoms with van der Waals surface area (Å²) in [6.07, 6.45) is 1.49. The second-order valence-electron chi connectivity index (χ2n) is 10.5. The molecule has 3 heterocycles. The topological polar surface area (TPSA) is 84.4 Å². The first kappa shape index (κ1) is 21.5. The molecule has 2 atom stereocenters. The Morgan fingerprint density at radius 2 is 1.74 bits per heavy atom.